The standard InChI is InChI=1S/C16H13NO3/c18-15(17-20)11-8-12-6-9-14(10-7-12)16(19)13-4-2-1-3-5-13/h1-11,20H,(H,17,18)/b11-8+. The number of amides is 1. The predicted molar refractivity (Wildman–Crippen MR) is 75.3 cm³/mol. The molecule has 0 bridgehead atoms. The Labute approximate surface area is 116 Å². The van der Waals surface area contributed by atoms with Crippen molar-refractivity contribution in [1.29, 1.82) is 0 Å². The van der Waals surface area contributed by atoms with Crippen LogP contribution in [0.1, 0.15) is 21.5 Å². The summed E-state index contributed by atoms with van der Waals surface area (Å²) in [5, 5.41) is 8.36. The lowest BCUT2D eigenvalue weighted by Crippen LogP contribution is -2.14. The molecule has 100 valence electrons. The van der Waals surface area contributed by atoms with Crippen molar-refractivity contribution in [1.82, 2.24) is 5.48 Å². The van der Waals surface area contributed by atoms with E-state index in [0.29, 0.717) is 11.1 Å². The minimum Gasteiger partial charge on any atom is -0.289 e. The summed E-state index contributed by atoms with van der Waals surface area (Å²) in [5.41, 5.74) is 3.49. The van der Waals surface area contributed by atoms with Gasteiger partial charge in [-0.3, -0.25) is 14.8 Å². The molecule has 2 aromatic carbocycles. The van der Waals surface area contributed by atoms with Gasteiger partial charge in [0.2, 0.25) is 0 Å². The molecule has 0 saturated carbocycles. The van der Waals surface area contributed by atoms with Gasteiger partial charge < -0.3 is 0 Å². The lowest BCUT2D eigenvalue weighted by atomic mass is 10.0. The molecule has 0 spiro atoms. The molecule has 1 amide bonds. The van der Waals surface area contributed by atoms with Gasteiger partial charge in [0, 0.05) is 17.2 Å². The topological polar surface area (TPSA) is 66.4 Å². The van der Waals surface area contributed by atoms with Crippen molar-refractivity contribution in [3.8, 4) is 0 Å². The molecule has 0 radical (unpaired) electrons. The average molecular weight is 267 g/mol. The summed E-state index contributed by atoms with van der Waals surface area (Å²) in [6, 6.07) is 15.9. The number of ketones is 1. The summed E-state index contributed by atoms with van der Waals surface area (Å²) < 4.78 is 0. The van der Waals surface area contributed by atoms with Crippen LogP contribution in [0.15, 0.2) is 60.7 Å². The van der Waals surface area contributed by atoms with E-state index in [0.717, 1.165) is 5.56 Å². The van der Waals surface area contributed by atoms with Crippen molar-refractivity contribution in [3.63, 3.8) is 0 Å². The second-order valence-electron chi connectivity index (χ2n) is 4.13. The largest absolute Gasteiger partial charge is 0.289 e. The lowest BCUT2D eigenvalue weighted by Gasteiger charge is -2.01. The molecule has 0 atom stereocenters. The van der Waals surface area contributed by atoms with Crippen molar-refractivity contribution < 1.29 is 14.8 Å². The first kappa shape index (κ1) is 13.7. The number of nitrogens with one attached hydrogen (secondary N) is 1. The maximum Gasteiger partial charge on any atom is 0.267 e. The molecule has 4 nitrogen and oxygen atoms in total. The van der Waals surface area contributed by atoms with E-state index < -0.39 is 5.91 Å². The van der Waals surface area contributed by atoms with Crippen LogP contribution in [0.4, 0.5) is 0 Å². The van der Waals surface area contributed by atoms with E-state index in [4.69, 9.17) is 5.21 Å². The zero-order chi connectivity index (χ0) is 14.4. The molecule has 4 heteroatoms. The monoisotopic (exact) mass is 267 g/mol. The summed E-state index contributed by atoms with van der Waals surface area (Å²) in [4.78, 5) is 23.0. The lowest BCUT2D eigenvalue weighted by molar-refractivity contribution is -0.124. The zero-order valence-electron chi connectivity index (χ0n) is 10.6. The van der Waals surface area contributed by atoms with E-state index in [1.54, 1.807) is 42.5 Å². The van der Waals surface area contributed by atoms with Gasteiger partial charge in [0.25, 0.3) is 5.91 Å². The van der Waals surface area contributed by atoms with Crippen LogP contribution in [0.3, 0.4) is 0 Å². The van der Waals surface area contributed by atoms with Crippen LogP contribution in [0.5, 0.6) is 0 Å². The molecule has 0 fully saturated rings. The van der Waals surface area contributed by atoms with E-state index in [1.165, 1.54) is 11.6 Å². The Bertz CT molecular complexity index is 631. The van der Waals surface area contributed by atoms with Crippen LogP contribution in [0.25, 0.3) is 6.08 Å². The van der Waals surface area contributed by atoms with Crippen LogP contribution in [0, 0.1) is 0 Å². The first-order valence-corrected chi connectivity index (χ1v) is 6.02. The third kappa shape index (κ3) is 3.40. The zero-order valence-corrected chi connectivity index (χ0v) is 10.6. The molecule has 0 aliphatic carbocycles. The molecule has 2 N–H and O–H groups in total. The first-order chi connectivity index (χ1) is 9.70. The van der Waals surface area contributed by atoms with Crippen molar-refractivity contribution >= 4 is 17.8 Å². The smallest absolute Gasteiger partial charge is 0.267 e. The third-order valence-electron chi connectivity index (χ3n) is 2.75. The van der Waals surface area contributed by atoms with Crippen LogP contribution in [0.2, 0.25) is 0 Å². The van der Waals surface area contributed by atoms with E-state index >= 15 is 0 Å². The van der Waals surface area contributed by atoms with Gasteiger partial charge in [0.15, 0.2) is 5.78 Å². The van der Waals surface area contributed by atoms with Gasteiger partial charge in [-0.2, -0.15) is 0 Å². The maximum absolute atomic E-state index is 12.2. The fourth-order valence-corrected chi connectivity index (χ4v) is 1.71. The highest BCUT2D eigenvalue weighted by molar-refractivity contribution is 6.09. The Morgan fingerprint density at radius 1 is 0.900 bits per heavy atom. The molecule has 0 aliphatic heterocycles. The van der Waals surface area contributed by atoms with Gasteiger partial charge in [0.05, 0.1) is 0 Å². The molecule has 0 heterocycles. The number of benzene rings is 2. The van der Waals surface area contributed by atoms with Crippen molar-refractivity contribution in [2.45, 2.75) is 0 Å². The normalized spacial score (nSPS) is 10.4. The van der Waals surface area contributed by atoms with Crippen LogP contribution >= 0.6 is 0 Å². The fraction of sp³-hybridized carbons (Fsp3) is 0. The molecular weight excluding hydrogens is 254 g/mol. The predicted octanol–water partition coefficient (Wildman–Crippen LogP) is 2.44. The number of hydroxylamine groups is 1. The summed E-state index contributed by atoms with van der Waals surface area (Å²) in [6.45, 7) is 0. The number of hydrogen-bond acceptors (Lipinski definition) is 3. The Balaban J connectivity index is 2.14. The first-order valence-electron chi connectivity index (χ1n) is 6.02. The highest BCUT2D eigenvalue weighted by Gasteiger charge is 2.07. The Morgan fingerprint density at radius 3 is 2.10 bits per heavy atom. The SMILES string of the molecule is O=C(/C=C/c1ccc(C(=O)c2ccccc2)cc1)NO. The highest BCUT2D eigenvalue weighted by atomic mass is 16.5. The van der Waals surface area contributed by atoms with Gasteiger partial charge in [-0.25, -0.2) is 5.48 Å². The molecule has 0 aromatic heterocycles. The maximum atomic E-state index is 12.2. The van der Waals surface area contributed by atoms with E-state index in [1.807, 2.05) is 18.2 Å². The number of hydrogen-bond donors (Lipinski definition) is 2. The van der Waals surface area contributed by atoms with E-state index in [9.17, 15) is 9.59 Å². The minimum absolute atomic E-state index is 0.0470. The third-order valence-corrected chi connectivity index (χ3v) is 2.75. The Morgan fingerprint density at radius 2 is 1.50 bits per heavy atom. The molecule has 0 unspecified atom stereocenters. The molecule has 2 rings (SSSR count). The number of rotatable bonds is 4. The van der Waals surface area contributed by atoms with Crippen molar-refractivity contribution in [2.75, 3.05) is 0 Å². The van der Waals surface area contributed by atoms with Gasteiger partial charge in [-0.05, 0) is 11.6 Å². The molecule has 2 aromatic rings. The van der Waals surface area contributed by atoms with Gasteiger partial charge in [-0.1, -0.05) is 54.6 Å². The second kappa shape index (κ2) is 6.45. The quantitative estimate of drug-likeness (QED) is 0.387. The Hall–Kier alpha value is -2.72. The van der Waals surface area contributed by atoms with E-state index in [2.05, 4.69) is 0 Å². The highest BCUT2D eigenvalue weighted by Crippen LogP contribution is 2.11. The van der Waals surface area contributed by atoms with Gasteiger partial charge >= 0.3 is 0 Å². The van der Waals surface area contributed by atoms with Gasteiger partial charge in [-0.15, -0.1) is 0 Å². The fourth-order valence-electron chi connectivity index (χ4n) is 1.71. The van der Waals surface area contributed by atoms with Crippen LogP contribution < -0.4 is 5.48 Å². The second-order valence-corrected chi connectivity index (χ2v) is 4.13. The van der Waals surface area contributed by atoms with Gasteiger partial charge in [0.1, 0.15) is 0 Å². The summed E-state index contributed by atoms with van der Waals surface area (Å²) >= 11 is 0. The molecule has 0 saturated heterocycles. The molecule has 20 heavy (non-hydrogen) atoms. The molecular formula is C16H13NO3. The Kier molecular flexibility index (Phi) is 4.42. The van der Waals surface area contributed by atoms with Crippen molar-refractivity contribution in [3.05, 3.63) is 77.4 Å². The average Bonchev–Trinajstić information content (AvgIpc) is 2.53. The summed E-state index contributed by atoms with van der Waals surface area (Å²) in [5.74, 6) is -0.649. The number of carbonyl (C=O) groups excluding carboxylic acids is 2. The molecule has 0 aliphatic rings. The summed E-state index contributed by atoms with van der Waals surface area (Å²) in [6.07, 6.45) is 2.75. The van der Waals surface area contributed by atoms with Crippen LogP contribution in [-0.4, -0.2) is 16.9 Å². The minimum atomic E-state index is -0.602. The van der Waals surface area contributed by atoms with Crippen molar-refractivity contribution in [2.24, 2.45) is 0 Å². The van der Waals surface area contributed by atoms with Crippen LogP contribution in [-0.2, 0) is 4.79 Å². The number of carbonyl (C=O) groups is 2. The summed E-state index contributed by atoms with van der Waals surface area (Å²) in [7, 11) is 0. The van der Waals surface area contributed by atoms with E-state index in [-0.39, 0.29) is 5.78 Å².